The highest BCUT2D eigenvalue weighted by Crippen LogP contribution is 2.39. The second-order valence-electron chi connectivity index (χ2n) is 3.74. The van der Waals surface area contributed by atoms with Gasteiger partial charge in [-0.15, -0.1) is 13.2 Å². The van der Waals surface area contributed by atoms with Crippen molar-refractivity contribution in [3.05, 3.63) is 29.3 Å². The molecule has 0 heterocycles. The molecule has 0 saturated carbocycles. The third kappa shape index (κ3) is 4.39. The Morgan fingerprint density at radius 2 is 1.75 bits per heavy atom. The van der Waals surface area contributed by atoms with Gasteiger partial charge in [-0.1, -0.05) is 15.9 Å². The molecule has 0 amide bonds. The Kier molecular flexibility index (Phi) is 4.73. The lowest BCUT2D eigenvalue weighted by Gasteiger charge is -2.16. The van der Waals surface area contributed by atoms with E-state index in [0.717, 1.165) is 6.07 Å². The average Bonchev–Trinajstić information content (AvgIpc) is 2.24. The predicted molar refractivity (Wildman–Crippen MR) is 60.8 cm³/mol. The fraction of sp³-hybridized carbons (Fsp3) is 0.364. The van der Waals surface area contributed by atoms with Gasteiger partial charge in [0, 0.05) is 5.56 Å². The Morgan fingerprint density at radius 1 is 1.20 bits per heavy atom. The number of ketones is 1. The molecule has 1 aromatic rings. The van der Waals surface area contributed by atoms with Gasteiger partial charge in [-0.2, -0.15) is 13.2 Å². The summed E-state index contributed by atoms with van der Waals surface area (Å²) in [5, 5.41) is 0. The highest BCUT2D eigenvalue weighted by Gasteiger charge is 2.39. The standard InChI is InChI=1S/C11H7BrF6O2/c1-5(12)9(19)6-2-3-8(20-11(16,17)18)7(4-6)10(13,14)15/h2-5H,1H3. The molecule has 0 aliphatic rings. The lowest BCUT2D eigenvalue weighted by Crippen LogP contribution is -2.21. The summed E-state index contributed by atoms with van der Waals surface area (Å²) < 4.78 is 77.5. The summed E-state index contributed by atoms with van der Waals surface area (Å²) in [6.45, 7) is 1.38. The van der Waals surface area contributed by atoms with Crippen molar-refractivity contribution >= 4 is 21.7 Å². The van der Waals surface area contributed by atoms with Crippen LogP contribution >= 0.6 is 15.9 Å². The summed E-state index contributed by atoms with van der Waals surface area (Å²) >= 11 is 2.88. The number of ether oxygens (including phenoxy) is 1. The Labute approximate surface area is 117 Å². The number of hydrogen-bond acceptors (Lipinski definition) is 2. The molecule has 1 rings (SSSR count). The van der Waals surface area contributed by atoms with Crippen molar-refractivity contribution in [1.82, 2.24) is 0 Å². The van der Waals surface area contributed by atoms with E-state index in [1.807, 2.05) is 0 Å². The number of alkyl halides is 7. The molecule has 2 nitrogen and oxygen atoms in total. The number of Topliss-reactive ketones (excluding diaryl/α,β-unsaturated/α-hetero) is 1. The van der Waals surface area contributed by atoms with Crippen molar-refractivity contribution in [2.75, 3.05) is 0 Å². The Balaban J connectivity index is 3.31. The van der Waals surface area contributed by atoms with Gasteiger partial charge in [-0.25, -0.2) is 0 Å². The largest absolute Gasteiger partial charge is 0.573 e. The number of carbonyl (C=O) groups excluding carboxylic acids is 1. The van der Waals surface area contributed by atoms with Gasteiger partial charge in [-0.05, 0) is 25.1 Å². The van der Waals surface area contributed by atoms with Crippen molar-refractivity contribution in [3.63, 3.8) is 0 Å². The minimum absolute atomic E-state index is 0.334. The lowest BCUT2D eigenvalue weighted by molar-refractivity contribution is -0.276. The first kappa shape index (κ1) is 16.8. The molecule has 20 heavy (non-hydrogen) atoms. The van der Waals surface area contributed by atoms with Gasteiger partial charge >= 0.3 is 12.5 Å². The molecule has 0 aromatic heterocycles. The van der Waals surface area contributed by atoms with Crippen LogP contribution in [0.5, 0.6) is 5.75 Å². The van der Waals surface area contributed by atoms with E-state index in [9.17, 15) is 31.1 Å². The second-order valence-corrected chi connectivity index (χ2v) is 5.11. The van der Waals surface area contributed by atoms with Gasteiger partial charge in [0.1, 0.15) is 5.75 Å². The molecule has 1 unspecified atom stereocenters. The molecule has 1 aromatic carbocycles. The number of hydrogen-bond donors (Lipinski definition) is 0. The Bertz CT molecular complexity index is 507. The summed E-state index contributed by atoms with van der Waals surface area (Å²) in [5.41, 5.74) is -2.02. The quantitative estimate of drug-likeness (QED) is 0.446. The molecule has 9 heteroatoms. The van der Waals surface area contributed by atoms with Crippen LogP contribution in [0.4, 0.5) is 26.3 Å². The van der Waals surface area contributed by atoms with Crippen LogP contribution in [0, 0.1) is 0 Å². The third-order valence-corrected chi connectivity index (χ3v) is 2.57. The molecule has 0 radical (unpaired) electrons. The zero-order valence-electron chi connectivity index (χ0n) is 9.77. The highest BCUT2D eigenvalue weighted by atomic mass is 79.9. The zero-order chi connectivity index (χ0) is 15.7. The van der Waals surface area contributed by atoms with Crippen LogP contribution in [0.25, 0.3) is 0 Å². The first-order valence-electron chi connectivity index (χ1n) is 5.07. The Hall–Kier alpha value is -1.25. The molecule has 0 bridgehead atoms. The monoisotopic (exact) mass is 364 g/mol. The number of halogens is 7. The van der Waals surface area contributed by atoms with E-state index in [4.69, 9.17) is 0 Å². The number of benzene rings is 1. The molecular formula is C11H7BrF6O2. The minimum Gasteiger partial charge on any atom is -0.405 e. The summed E-state index contributed by atoms with van der Waals surface area (Å²) in [7, 11) is 0. The summed E-state index contributed by atoms with van der Waals surface area (Å²) in [6.07, 6.45) is -10.3. The first-order valence-corrected chi connectivity index (χ1v) is 5.98. The molecule has 0 saturated heterocycles. The topological polar surface area (TPSA) is 26.3 Å². The van der Waals surface area contributed by atoms with E-state index in [2.05, 4.69) is 20.7 Å². The van der Waals surface area contributed by atoms with Crippen molar-refractivity contribution in [1.29, 1.82) is 0 Å². The molecule has 0 aliphatic heterocycles. The molecule has 1 atom stereocenters. The van der Waals surface area contributed by atoms with Crippen molar-refractivity contribution < 1.29 is 35.9 Å². The van der Waals surface area contributed by atoms with Crippen molar-refractivity contribution in [2.45, 2.75) is 24.3 Å². The van der Waals surface area contributed by atoms with E-state index >= 15 is 0 Å². The second kappa shape index (κ2) is 5.63. The van der Waals surface area contributed by atoms with E-state index in [0.29, 0.717) is 12.1 Å². The van der Waals surface area contributed by atoms with Gasteiger partial charge in [0.25, 0.3) is 0 Å². The molecule has 0 N–H and O–H groups in total. The van der Waals surface area contributed by atoms with Crippen LogP contribution in [-0.4, -0.2) is 17.0 Å². The first-order chi connectivity index (χ1) is 8.92. The van der Waals surface area contributed by atoms with E-state index in [1.54, 1.807) is 0 Å². The molecule has 0 fully saturated rings. The zero-order valence-corrected chi connectivity index (χ0v) is 11.4. The van der Waals surface area contributed by atoms with Crippen LogP contribution < -0.4 is 4.74 Å². The molecule has 0 spiro atoms. The van der Waals surface area contributed by atoms with Crippen molar-refractivity contribution in [2.24, 2.45) is 0 Å². The number of carbonyl (C=O) groups is 1. The van der Waals surface area contributed by atoms with E-state index < -0.39 is 34.5 Å². The van der Waals surface area contributed by atoms with Crippen LogP contribution in [0.1, 0.15) is 22.8 Å². The molecule has 112 valence electrons. The fourth-order valence-electron chi connectivity index (χ4n) is 1.35. The van der Waals surface area contributed by atoms with Crippen LogP contribution in [0.3, 0.4) is 0 Å². The van der Waals surface area contributed by atoms with Gasteiger partial charge in [0.2, 0.25) is 0 Å². The molecular weight excluding hydrogens is 358 g/mol. The van der Waals surface area contributed by atoms with Crippen LogP contribution in [0.2, 0.25) is 0 Å². The van der Waals surface area contributed by atoms with Gasteiger partial charge in [0.15, 0.2) is 5.78 Å². The summed E-state index contributed by atoms with van der Waals surface area (Å²) in [6, 6.07) is 1.65. The SMILES string of the molecule is CC(Br)C(=O)c1ccc(OC(F)(F)F)c(C(F)(F)F)c1. The minimum atomic E-state index is -5.26. The van der Waals surface area contributed by atoms with Crippen LogP contribution in [0.15, 0.2) is 18.2 Å². The highest BCUT2D eigenvalue weighted by molar-refractivity contribution is 9.10. The summed E-state index contributed by atoms with van der Waals surface area (Å²) in [5.74, 6) is -2.09. The van der Waals surface area contributed by atoms with E-state index in [1.165, 1.54) is 6.92 Å². The Morgan fingerprint density at radius 3 is 2.15 bits per heavy atom. The maximum absolute atomic E-state index is 12.7. The smallest absolute Gasteiger partial charge is 0.405 e. The lowest BCUT2D eigenvalue weighted by atomic mass is 10.0. The van der Waals surface area contributed by atoms with Gasteiger partial charge < -0.3 is 4.74 Å². The maximum Gasteiger partial charge on any atom is 0.573 e. The van der Waals surface area contributed by atoms with Gasteiger partial charge in [0.05, 0.1) is 10.4 Å². The average molecular weight is 365 g/mol. The predicted octanol–water partition coefficient (Wildman–Crippen LogP) is 4.57. The third-order valence-electron chi connectivity index (χ3n) is 2.16. The fourth-order valence-corrected chi connectivity index (χ4v) is 1.61. The van der Waals surface area contributed by atoms with E-state index in [-0.39, 0.29) is 5.56 Å². The summed E-state index contributed by atoms with van der Waals surface area (Å²) in [4.78, 5) is 10.8. The van der Waals surface area contributed by atoms with Crippen molar-refractivity contribution in [3.8, 4) is 5.75 Å². The normalized spacial score (nSPS) is 14.0. The molecule has 0 aliphatic carbocycles. The number of rotatable bonds is 3. The maximum atomic E-state index is 12.7. The van der Waals surface area contributed by atoms with Gasteiger partial charge in [-0.3, -0.25) is 4.79 Å². The van der Waals surface area contributed by atoms with Crippen LogP contribution in [-0.2, 0) is 6.18 Å².